The SMILES string of the molecule is O=C(O)CN(CC(F)(F)F)C(=O)NC1(C(F)(F)F)CC1. The summed E-state index contributed by atoms with van der Waals surface area (Å²) in [5.41, 5.74) is -2.55. The van der Waals surface area contributed by atoms with E-state index in [2.05, 4.69) is 0 Å². The van der Waals surface area contributed by atoms with Crippen molar-refractivity contribution in [2.75, 3.05) is 13.1 Å². The summed E-state index contributed by atoms with van der Waals surface area (Å²) in [5, 5.41) is 9.83. The van der Waals surface area contributed by atoms with E-state index < -0.39 is 55.8 Å². The number of aliphatic carboxylic acids is 1. The largest absolute Gasteiger partial charge is 0.480 e. The number of carboxylic acid groups (broad SMARTS) is 1. The van der Waals surface area contributed by atoms with Crippen LogP contribution in [0.2, 0.25) is 0 Å². The smallest absolute Gasteiger partial charge is 0.411 e. The molecule has 11 heteroatoms. The third kappa shape index (κ3) is 4.17. The molecule has 0 aliphatic heterocycles. The van der Waals surface area contributed by atoms with Gasteiger partial charge in [0, 0.05) is 0 Å². The molecule has 2 N–H and O–H groups in total. The quantitative estimate of drug-likeness (QED) is 0.777. The lowest BCUT2D eigenvalue weighted by Crippen LogP contribution is -2.55. The summed E-state index contributed by atoms with van der Waals surface area (Å²) >= 11 is 0. The molecule has 0 unspecified atom stereocenters. The normalized spacial score (nSPS) is 17.5. The Labute approximate surface area is 108 Å². The molecule has 0 bridgehead atoms. The van der Waals surface area contributed by atoms with Gasteiger partial charge in [0.1, 0.15) is 18.6 Å². The molecule has 5 nitrogen and oxygen atoms in total. The molecule has 1 rings (SSSR count). The number of hydrogen-bond acceptors (Lipinski definition) is 2. The van der Waals surface area contributed by atoms with E-state index in [9.17, 15) is 35.9 Å². The van der Waals surface area contributed by atoms with Crippen molar-refractivity contribution >= 4 is 12.0 Å². The van der Waals surface area contributed by atoms with Gasteiger partial charge in [-0.25, -0.2) is 4.79 Å². The molecule has 1 saturated carbocycles. The molecule has 20 heavy (non-hydrogen) atoms. The number of alkyl halides is 6. The van der Waals surface area contributed by atoms with E-state index in [1.165, 1.54) is 5.32 Å². The standard InChI is InChI=1S/C9H10F6N2O3/c10-8(11,12)4-17(3-5(18)19)6(20)16-7(1-2-7)9(13,14)15/h1-4H2,(H,16,20)(H,18,19). The van der Waals surface area contributed by atoms with Crippen LogP contribution in [0, 0.1) is 0 Å². The number of carbonyl (C=O) groups is 2. The van der Waals surface area contributed by atoms with Gasteiger partial charge in [-0.2, -0.15) is 26.3 Å². The molecule has 0 heterocycles. The lowest BCUT2D eigenvalue weighted by Gasteiger charge is -2.27. The Morgan fingerprint density at radius 1 is 1.15 bits per heavy atom. The minimum atomic E-state index is -4.91. The number of urea groups is 1. The summed E-state index contributed by atoms with van der Waals surface area (Å²) in [4.78, 5) is 21.5. The van der Waals surface area contributed by atoms with Gasteiger partial charge in [-0.15, -0.1) is 0 Å². The average molecular weight is 308 g/mol. The zero-order chi connectivity index (χ0) is 15.8. The molecule has 1 aliphatic rings. The summed E-state index contributed by atoms with van der Waals surface area (Å²) < 4.78 is 74.1. The van der Waals surface area contributed by atoms with Crippen LogP contribution in [0.5, 0.6) is 0 Å². The maximum absolute atomic E-state index is 12.5. The molecule has 0 aromatic heterocycles. The van der Waals surface area contributed by atoms with Gasteiger partial charge in [0.15, 0.2) is 0 Å². The number of carboxylic acids is 1. The Balaban J connectivity index is 2.76. The van der Waals surface area contributed by atoms with Crippen molar-refractivity contribution in [3.8, 4) is 0 Å². The Morgan fingerprint density at radius 2 is 1.65 bits per heavy atom. The van der Waals surface area contributed by atoms with Crippen LogP contribution in [-0.2, 0) is 4.79 Å². The van der Waals surface area contributed by atoms with Gasteiger partial charge in [0.25, 0.3) is 0 Å². The van der Waals surface area contributed by atoms with E-state index in [4.69, 9.17) is 5.11 Å². The highest BCUT2D eigenvalue weighted by molar-refractivity contribution is 5.81. The predicted molar refractivity (Wildman–Crippen MR) is 51.8 cm³/mol. The topological polar surface area (TPSA) is 69.6 Å². The molecule has 0 radical (unpaired) electrons. The molecule has 1 aliphatic carbocycles. The highest BCUT2D eigenvalue weighted by Gasteiger charge is 2.64. The molecule has 2 amide bonds. The first-order valence-electron chi connectivity index (χ1n) is 5.29. The predicted octanol–water partition coefficient (Wildman–Crippen LogP) is 1.74. The second-order valence-corrected chi connectivity index (χ2v) is 4.37. The molecule has 1 fully saturated rings. The van der Waals surface area contributed by atoms with Crippen molar-refractivity contribution in [3.63, 3.8) is 0 Å². The first-order chi connectivity index (χ1) is 8.86. The van der Waals surface area contributed by atoms with E-state index >= 15 is 0 Å². The number of carbonyl (C=O) groups excluding carboxylic acids is 1. The fraction of sp³-hybridized carbons (Fsp3) is 0.778. The maximum atomic E-state index is 12.5. The molecule has 0 spiro atoms. The van der Waals surface area contributed by atoms with Gasteiger partial charge in [-0.05, 0) is 12.8 Å². The van der Waals surface area contributed by atoms with Crippen LogP contribution in [0.4, 0.5) is 31.1 Å². The third-order valence-corrected chi connectivity index (χ3v) is 2.62. The number of amides is 2. The third-order valence-electron chi connectivity index (χ3n) is 2.62. The van der Waals surface area contributed by atoms with Crippen LogP contribution >= 0.6 is 0 Å². The lowest BCUT2D eigenvalue weighted by molar-refractivity contribution is -0.164. The van der Waals surface area contributed by atoms with Crippen LogP contribution in [-0.4, -0.2) is 53.0 Å². The van der Waals surface area contributed by atoms with Crippen LogP contribution in [0.25, 0.3) is 0 Å². The monoisotopic (exact) mass is 308 g/mol. The Hall–Kier alpha value is -1.68. The Kier molecular flexibility index (Phi) is 4.11. The second-order valence-electron chi connectivity index (χ2n) is 4.37. The summed E-state index contributed by atoms with van der Waals surface area (Å²) in [7, 11) is 0. The first-order valence-corrected chi connectivity index (χ1v) is 5.29. The van der Waals surface area contributed by atoms with Crippen molar-refractivity contribution in [1.29, 1.82) is 0 Å². The molecular weight excluding hydrogens is 298 g/mol. The number of rotatable bonds is 4. The number of hydrogen-bond donors (Lipinski definition) is 2. The fourth-order valence-corrected chi connectivity index (χ4v) is 1.47. The summed E-state index contributed by atoms with van der Waals surface area (Å²) in [5.74, 6) is -1.76. The van der Waals surface area contributed by atoms with Crippen molar-refractivity contribution < 1.29 is 41.0 Å². The zero-order valence-corrected chi connectivity index (χ0v) is 9.81. The maximum Gasteiger partial charge on any atom is 0.411 e. The average Bonchev–Trinajstić information content (AvgIpc) is 2.93. The first kappa shape index (κ1) is 16.4. The van der Waals surface area contributed by atoms with Gasteiger partial charge in [0.05, 0.1) is 0 Å². The van der Waals surface area contributed by atoms with Crippen molar-refractivity contribution in [2.45, 2.75) is 30.7 Å². The lowest BCUT2D eigenvalue weighted by atomic mass is 10.2. The minimum absolute atomic E-state index is 0.228. The number of nitrogens with one attached hydrogen (secondary N) is 1. The van der Waals surface area contributed by atoms with E-state index in [-0.39, 0.29) is 4.90 Å². The van der Waals surface area contributed by atoms with Crippen LogP contribution in [0.15, 0.2) is 0 Å². The van der Waals surface area contributed by atoms with E-state index in [0.29, 0.717) is 0 Å². The van der Waals surface area contributed by atoms with Gasteiger partial charge in [0.2, 0.25) is 0 Å². The van der Waals surface area contributed by atoms with Gasteiger partial charge in [-0.1, -0.05) is 0 Å². The second kappa shape index (κ2) is 5.02. The van der Waals surface area contributed by atoms with E-state index in [1.54, 1.807) is 0 Å². The molecule has 0 saturated heterocycles. The number of nitrogens with zero attached hydrogens (tertiary/aromatic N) is 1. The highest BCUT2D eigenvalue weighted by Crippen LogP contribution is 2.49. The van der Waals surface area contributed by atoms with Gasteiger partial charge in [-0.3, -0.25) is 4.79 Å². The van der Waals surface area contributed by atoms with Gasteiger partial charge >= 0.3 is 24.4 Å². The van der Waals surface area contributed by atoms with Gasteiger partial charge < -0.3 is 15.3 Å². The number of halogens is 6. The summed E-state index contributed by atoms with van der Waals surface area (Å²) in [6.07, 6.45) is -10.6. The Morgan fingerprint density at radius 3 is 1.95 bits per heavy atom. The molecular formula is C9H10F6N2O3. The molecule has 0 atom stereocenters. The molecule has 116 valence electrons. The van der Waals surface area contributed by atoms with Crippen LogP contribution in [0.3, 0.4) is 0 Å². The van der Waals surface area contributed by atoms with E-state index in [1.807, 2.05) is 0 Å². The fourth-order valence-electron chi connectivity index (χ4n) is 1.47. The van der Waals surface area contributed by atoms with Crippen molar-refractivity contribution in [2.24, 2.45) is 0 Å². The zero-order valence-electron chi connectivity index (χ0n) is 9.81. The van der Waals surface area contributed by atoms with Crippen LogP contribution in [0.1, 0.15) is 12.8 Å². The van der Waals surface area contributed by atoms with Crippen molar-refractivity contribution in [1.82, 2.24) is 10.2 Å². The molecule has 0 aromatic rings. The van der Waals surface area contributed by atoms with Crippen LogP contribution < -0.4 is 5.32 Å². The Bertz CT molecular complexity index is 401. The minimum Gasteiger partial charge on any atom is -0.480 e. The summed E-state index contributed by atoms with van der Waals surface area (Å²) in [6, 6.07) is -1.71. The van der Waals surface area contributed by atoms with Crippen molar-refractivity contribution in [3.05, 3.63) is 0 Å². The summed E-state index contributed by atoms with van der Waals surface area (Å²) in [6.45, 7) is -3.29. The van der Waals surface area contributed by atoms with E-state index in [0.717, 1.165) is 0 Å². The highest BCUT2D eigenvalue weighted by atomic mass is 19.4. The molecule has 0 aromatic carbocycles.